The van der Waals surface area contributed by atoms with Crippen LogP contribution < -0.4 is 0 Å². The summed E-state index contributed by atoms with van der Waals surface area (Å²) >= 11 is 12.1. The van der Waals surface area contributed by atoms with Crippen LogP contribution in [0.1, 0.15) is 38.7 Å². The molecule has 0 spiro atoms. The molecule has 1 aromatic rings. The number of piperazine rings is 1. The van der Waals surface area contributed by atoms with Crippen molar-refractivity contribution in [2.45, 2.75) is 51.6 Å². The van der Waals surface area contributed by atoms with Gasteiger partial charge in [0.05, 0.1) is 22.5 Å². The summed E-state index contributed by atoms with van der Waals surface area (Å²) in [6, 6.07) is 5.58. The van der Waals surface area contributed by atoms with E-state index in [2.05, 4.69) is 11.8 Å². The highest BCUT2D eigenvalue weighted by Gasteiger charge is 2.37. The number of carbonyl (C=O) groups excluding carboxylic acids is 2. The van der Waals surface area contributed by atoms with Crippen molar-refractivity contribution in [1.82, 2.24) is 14.7 Å². The minimum Gasteiger partial charge on any atom is -0.339 e. The Morgan fingerprint density at radius 2 is 1.79 bits per heavy atom. The number of halogens is 2. The zero-order valence-corrected chi connectivity index (χ0v) is 18.2. The molecule has 0 unspecified atom stereocenters. The fraction of sp³-hybridized carbons (Fsp3) is 0.619. The first-order valence-electron chi connectivity index (χ1n) is 10.2. The highest BCUT2D eigenvalue weighted by Crippen LogP contribution is 2.25. The zero-order chi connectivity index (χ0) is 20.3. The standard InChI is InChI=1S/C21H29Cl2N3O2/c1-3-20(27)25-10-11-26(19(14-25)15(2)24-8-4-5-9-24)21(28)13-16-6-7-17(22)18(23)12-16/h6-7,12,15,19H,3-5,8-11,13-14H2,1-2H3/t15-,19+/m1/s1. The molecule has 2 saturated heterocycles. The van der Waals surface area contributed by atoms with E-state index in [0.717, 1.165) is 18.7 Å². The van der Waals surface area contributed by atoms with Crippen LogP contribution in [0.5, 0.6) is 0 Å². The molecule has 3 rings (SSSR count). The molecule has 2 amide bonds. The molecule has 7 heteroatoms. The monoisotopic (exact) mass is 425 g/mol. The zero-order valence-electron chi connectivity index (χ0n) is 16.7. The third-order valence-electron chi connectivity index (χ3n) is 6.01. The van der Waals surface area contributed by atoms with Gasteiger partial charge in [-0.3, -0.25) is 14.5 Å². The van der Waals surface area contributed by atoms with Gasteiger partial charge in [0.2, 0.25) is 11.8 Å². The first kappa shape index (κ1) is 21.4. The Balaban J connectivity index is 1.76. The van der Waals surface area contributed by atoms with Gasteiger partial charge in [-0.25, -0.2) is 0 Å². The maximum atomic E-state index is 13.2. The van der Waals surface area contributed by atoms with E-state index < -0.39 is 0 Å². The van der Waals surface area contributed by atoms with Crippen molar-refractivity contribution < 1.29 is 9.59 Å². The van der Waals surface area contributed by atoms with Crippen LogP contribution in [0.2, 0.25) is 10.0 Å². The normalized spacial score (nSPS) is 21.8. The van der Waals surface area contributed by atoms with Crippen molar-refractivity contribution in [3.8, 4) is 0 Å². The van der Waals surface area contributed by atoms with E-state index in [1.165, 1.54) is 12.8 Å². The lowest BCUT2D eigenvalue weighted by molar-refractivity contribution is -0.144. The Kier molecular flexibility index (Phi) is 7.24. The van der Waals surface area contributed by atoms with E-state index in [9.17, 15) is 9.59 Å². The lowest BCUT2D eigenvalue weighted by Crippen LogP contribution is -2.62. The van der Waals surface area contributed by atoms with Crippen molar-refractivity contribution in [2.75, 3.05) is 32.7 Å². The number of hydrogen-bond donors (Lipinski definition) is 0. The molecule has 0 radical (unpaired) electrons. The average Bonchev–Trinajstić information content (AvgIpc) is 3.24. The van der Waals surface area contributed by atoms with Crippen molar-refractivity contribution in [1.29, 1.82) is 0 Å². The minimum atomic E-state index is 0.0117. The average molecular weight is 426 g/mol. The molecule has 0 bridgehead atoms. The number of amides is 2. The largest absolute Gasteiger partial charge is 0.339 e. The van der Waals surface area contributed by atoms with Gasteiger partial charge in [-0.1, -0.05) is 36.2 Å². The predicted octanol–water partition coefficient (Wildman–Crippen LogP) is 3.47. The second-order valence-corrected chi connectivity index (χ2v) is 8.57. The third kappa shape index (κ3) is 4.81. The fourth-order valence-electron chi connectivity index (χ4n) is 4.30. The molecule has 5 nitrogen and oxygen atoms in total. The van der Waals surface area contributed by atoms with Crippen LogP contribution in [-0.2, 0) is 16.0 Å². The van der Waals surface area contributed by atoms with Crippen LogP contribution in [-0.4, -0.2) is 71.3 Å². The van der Waals surface area contributed by atoms with Gasteiger partial charge in [-0.2, -0.15) is 0 Å². The molecule has 0 aliphatic carbocycles. The number of carbonyl (C=O) groups is 2. The van der Waals surface area contributed by atoms with Crippen LogP contribution in [0.15, 0.2) is 18.2 Å². The van der Waals surface area contributed by atoms with Gasteiger partial charge in [0.25, 0.3) is 0 Å². The number of benzene rings is 1. The smallest absolute Gasteiger partial charge is 0.227 e. The van der Waals surface area contributed by atoms with Gasteiger partial charge in [-0.15, -0.1) is 0 Å². The quantitative estimate of drug-likeness (QED) is 0.725. The molecule has 0 N–H and O–H groups in total. The van der Waals surface area contributed by atoms with E-state index in [1.54, 1.807) is 12.1 Å². The molecule has 28 heavy (non-hydrogen) atoms. The highest BCUT2D eigenvalue weighted by atomic mass is 35.5. The van der Waals surface area contributed by atoms with Crippen LogP contribution in [0.25, 0.3) is 0 Å². The van der Waals surface area contributed by atoms with Crippen LogP contribution in [0.3, 0.4) is 0 Å². The summed E-state index contributed by atoms with van der Waals surface area (Å²) in [7, 11) is 0. The fourth-order valence-corrected chi connectivity index (χ4v) is 4.62. The minimum absolute atomic E-state index is 0.0117. The van der Waals surface area contributed by atoms with Gasteiger partial charge >= 0.3 is 0 Å². The molecule has 0 saturated carbocycles. The van der Waals surface area contributed by atoms with Crippen molar-refractivity contribution in [3.05, 3.63) is 33.8 Å². The van der Waals surface area contributed by atoms with E-state index in [0.29, 0.717) is 42.5 Å². The Morgan fingerprint density at radius 1 is 1.07 bits per heavy atom. The molecule has 2 atom stereocenters. The molecule has 1 aromatic carbocycles. The third-order valence-corrected chi connectivity index (χ3v) is 6.75. The lowest BCUT2D eigenvalue weighted by atomic mass is 10.0. The SMILES string of the molecule is CCC(=O)N1CCN(C(=O)Cc2ccc(Cl)c(Cl)c2)[C@H]([C@@H](C)N2CCCC2)C1. The summed E-state index contributed by atoms with van der Waals surface area (Å²) in [5, 5.41) is 0.956. The number of nitrogens with zero attached hydrogens (tertiary/aromatic N) is 3. The number of hydrogen-bond acceptors (Lipinski definition) is 3. The maximum absolute atomic E-state index is 13.2. The topological polar surface area (TPSA) is 43.9 Å². The van der Waals surface area contributed by atoms with E-state index in [4.69, 9.17) is 23.2 Å². The number of likely N-dealkylation sites (tertiary alicyclic amines) is 1. The van der Waals surface area contributed by atoms with Gasteiger partial charge < -0.3 is 9.80 Å². The van der Waals surface area contributed by atoms with E-state index in [1.807, 2.05) is 22.8 Å². The Bertz CT molecular complexity index is 722. The summed E-state index contributed by atoms with van der Waals surface area (Å²) < 4.78 is 0. The van der Waals surface area contributed by atoms with Crippen molar-refractivity contribution >= 4 is 35.0 Å². The molecular formula is C21H29Cl2N3O2. The van der Waals surface area contributed by atoms with E-state index >= 15 is 0 Å². The van der Waals surface area contributed by atoms with Gasteiger partial charge in [0.1, 0.15) is 0 Å². The molecule has 154 valence electrons. The Morgan fingerprint density at radius 3 is 2.43 bits per heavy atom. The van der Waals surface area contributed by atoms with Gasteiger partial charge in [-0.05, 0) is 50.6 Å². The molecule has 2 aliphatic heterocycles. The summed E-state index contributed by atoms with van der Waals surface area (Å²) in [6.45, 7) is 8.00. The first-order chi connectivity index (χ1) is 13.4. The van der Waals surface area contributed by atoms with Gasteiger partial charge in [0.15, 0.2) is 0 Å². The first-order valence-corrected chi connectivity index (χ1v) is 10.9. The van der Waals surface area contributed by atoms with Crippen LogP contribution in [0, 0.1) is 0 Å². The molecule has 2 fully saturated rings. The Labute approximate surface area is 177 Å². The molecular weight excluding hydrogens is 397 g/mol. The lowest BCUT2D eigenvalue weighted by Gasteiger charge is -2.46. The van der Waals surface area contributed by atoms with E-state index in [-0.39, 0.29) is 23.9 Å². The van der Waals surface area contributed by atoms with Crippen molar-refractivity contribution in [3.63, 3.8) is 0 Å². The summed E-state index contributed by atoms with van der Waals surface area (Å²) in [4.78, 5) is 31.8. The molecule has 2 heterocycles. The summed E-state index contributed by atoms with van der Waals surface area (Å²) in [6.07, 6.45) is 3.20. The second-order valence-electron chi connectivity index (χ2n) is 7.76. The molecule has 2 aliphatic rings. The van der Waals surface area contributed by atoms with Gasteiger partial charge in [0, 0.05) is 32.1 Å². The summed E-state index contributed by atoms with van der Waals surface area (Å²) in [5.41, 5.74) is 0.860. The molecule has 0 aromatic heterocycles. The maximum Gasteiger partial charge on any atom is 0.227 e. The van der Waals surface area contributed by atoms with Crippen LogP contribution >= 0.6 is 23.2 Å². The summed E-state index contributed by atoms with van der Waals surface area (Å²) in [5.74, 6) is 0.244. The second kappa shape index (κ2) is 9.47. The Hall–Kier alpha value is -1.30. The highest BCUT2D eigenvalue weighted by molar-refractivity contribution is 6.42. The number of rotatable bonds is 5. The van der Waals surface area contributed by atoms with Crippen molar-refractivity contribution in [2.24, 2.45) is 0 Å². The van der Waals surface area contributed by atoms with Crippen LogP contribution in [0.4, 0.5) is 0 Å². The predicted molar refractivity (Wildman–Crippen MR) is 113 cm³/mol.